The Morgan fingerprint density at radius 1 is 1.16 bits per heavy atom. The predicted molar refractivity (Wildman–Crippen MR) is 115 cm³/mol. The first kappa shape index (κ1) is 19.4. The third-order valence-electron chi connectivity index (χ3n) is 5.70. The lowest BCUT2D eigenvalue weighted by atomic mass is 9.98. The van der Waals surface area contributed by atoms with Crippen molar-refractivity contribution in [3.63, 3.8) is 0 Å². The van der Waals surface area contributed by atoms with E-state index in [1.165, 1.54) is 11.1 Å². The minimum Gasteiger partial charge on any atom is -0.493 e. The molecular weight excluding hydrogens is 396 g/mol. The number of nitrogens with zero attached hydrogens (tertiary/aromatic N) is 5. The summed E-state index contributed by atoms with van der Waals surface area (Å²) in [7, 11) is 3.34. The molecule has 0 unspecified atom stereocenters. The van der Waals surface area contributed by atoms with Gasteiger partial charge in [0.2, 0.25) is 11.8 Å². The van der Waals surface area contributed by atoms with E-state index in [1.807, 2.05) is 12.1 Å². The molecule has 0 radical (unpaired) electrons. The molecule has 160 valence electrons. The van der Waals surface area contributed by atoms with Crippen LogP contribution in [0, 0.1) is 0 Å². The Morgan fingerprint density at radius 3 is 2.71 bits per heavy atom. The van der Waals surface area contributed by atoms with Gasteiger partial charge in [0.05, 0.1) is 20.5 Å². The largest absolute Gasteiger partial charge is 0.493 e. The van der Waals surface area contributed by atoms with Crippen LogP contribution in [0.3, 0.4) is 0 Å². The van der Waals surface area contributed by atoms with E-state index in [2.05, 4.69) is 32.1 Å². The van der Waals surface area contributed by atoms with Crippen molar-refractivity contribution in [3.8, 4) is 23.1 Å². The zero-order chi connectivity index (χ0) is 21.4. The minimum absolute atomic E-state index is 0.303. The van der Waals surface area contributed by atoms with Crippen LogP contribution in [0.25, 0.3) is 17.2 Å². The van der Waals surface area contributed by atoms with Crippen molar-refractivity contribution in [1.82, 2.24) is 24.5 Å². The maximum atomic E-state index is 6.02. The Hall–Kier alpha value is -3.59. The van der Waals surface area contributed by atoms with Gasteiger partial charge in [-0.3, -0.25) is 4.90 Å². The summed E-state index contributed by atoms with van der Waals surface area (Å²) in [5.41, 5.74) is 10.3. The van der Waals surface area contributed by atoms with Gasteiger partial charge in [-0.1, -0.05) is 0 Å². The standard InChI is InChI=1S/C22H24N6O3/c1-29-18-10-14-5-7-27(13-16(14)11-19(18)30-2)8-6-15-12-24-22(23)28-21(15)25-20(26-28)17-4-3-9-31-17/h3-4,9-12H,5-8,13H2,1-2H3,(H2,23,24). The second-order valence-corrected chi connectivity index (χ2v) is 7.54. The van der Waals surface area contributed by atoms with Crippen LogP contribution >= 0.6 is 0 Å². The van der Waals surface area contributed by atoms with Crippen LogP contribution in [0.5, 0.6) is 11.5 Å². The van der Waals surface area contributed by atoms with Crippen molar-refractivity contribution in [2.75, 3.05) is 33.0 Å². The second kappa shape index (κ2) is 7.92. The molecule has 4 heterocycles. The fourth-order valence-corrected chi connectivity index (χ4v) is 4.03. The van der Waals surface area contributed by atoms with Crippen molar-refractivity contribution in [2.45, 2.75) is 19.4 Å². The molecule has 1 aliphatic heterocycles. The second-order valence-electron chi connectivity index (χ2n) is 7.54. The molecule has 31 heavy (non-hydrogen) atoms. The molecule has 0 bridgehead atoms. The molecule has 3 aromatic heterocycles. The number of fused-ring (bicyclic) bond motifs is 2. The highest BCUT2D eigenvalue weighted by molar-refractivity contribution is 5.57. The lowest BCUT2D eigenvalue weighted by Gasteiger charge is -2.29. The number of ether oxygens (including phenoxy) is 2. The SMILES string of the molecule is COc1cc2c(cc1OC)CN(CCc1cnc(N)n3nc(-c4ccco4)nc13)CC2. The summed E-state index contributed by atoms with van der Waals surface area (Å²) in [6.45, 7) is 2.71. The van der Waals surface area contributed by atoms with Gasteiger partial charge in [-0.2, -0.15) is 4.52 Å². The van der Waals surface area contributed by atoms with E-state index in [-0.39, 0.29) is 0 Å². The topological polar surface area (TPSA) is 104 Å². The molecule has 1 aliphatic rings. The number of nitrogens with two attached hydrogens (primary N) is 1. The lowest BCUT2D eigenvalue weighted by Crippen LogP contribution is -2.32. The van der Waals surface area contributed by atoms with Crippen molar-refractivity contribution in [3.05, 3.63) is 53.4 Å². The first-order chi connectivity index (χ1) is 15.2. The first-order valence-electron chi connectivity index (χ1n) is 10.2. The third kappa shape index (κ3) is 3.57. The molecular formula is C22H24N6O3. The number of nitrogen functional groups attached to an aromatic ring is 1. The summed E-state index contributed by atoms with van der Waals surface area (Å²) in [6.07, 6.45) is 5.15. The van der Waals surface area contributed by atoms with Crippen molar-refractivity contribution in [2.24, 2.45) is 0 Å². The van der Waals surface area contributed by atoms with E-state index < -0.39 is 0 Å². The van der Waals surface area contributed by atoms with E-state index >= 15 is 0 Å². The molecule has 1 aromatic carbocycles. The van der Waals surface area contributed by atoms with Crippen LogP contribution in [-0.2, 0) is 19.4 Å². The maximum absolute atomic E-state index is 6.02. The van der Waals surface area contributed by atoms with Gasteiger partial charge in [0.15, 0.2) is 22.9 Å². The number of anilines is 1. The predicted octanol–water partition coefficient (Wildman–Crippen LogP) is 2.58. The Morgan fingerprint density at radius 2 is 1.97 bits per heavy atom. The highest BCUT2D eigenvalue weighted by Crippen LogP contribution is 2.33. The molecule has 9 nitrogen and oxygen atoms in total. The van der Waals surface area contributed by atoms with E-state index in [0.717, 1.165) is 49.5 Å². The number of methoxy groups -OCH3 is 2. The van der Waals surface area contributed by atoms with Crippen LogP contribution in [0.1, 0.15) is 16.7 Å². The molecule has 4 aromatic rings. The third-order valence-corrected chi connectivity index (χ3v) is 5.70. The van der Waals surface area contributed by atoms with Gasteiger partial charge in [-0.05, 0) is 48.2 Å². The number of hydrogen-bond donors (Lipinski definition) is 1. The minimum atomic E-state index is 0.303. The Kier molecular flexibility index (Phi) is 4.95. The maximum Gasteiger partial charge on any atom is 0.223 e. The Bertz CT molecular complexity index is 1220. The van der Waals surface area contributed by atoms with Gasteiger partial charge in [0.25, 0.3) is 0 Å². The summed E-state index contributed by atoms with van der Waals surface area (Å²) < 4.78 is 17.9. The normalized spacial score (nSPS) is 14.0. The number of hydrogen-bond acceptors (Lipinski definition) is 8. The van der Waals surface area contributed by atoms with Gasteiger partial charge >= 0.3 is 0 Å². The van der Waals surface area contributed by atoms with Gasteiger partial charge in [-0.15, -0.1) is 5.10 Å². The molecule has 0 saturated heterocycles. The van der Waals surface area contributed by atoms with Crippen molar-refractivity contribution >= 4 is 11.6 Å². The molecule has 0 amide bonds. The Labute approximate surface area is 179 Å². The van der Waals surface area contributed by atoms with Crippen LogP contribution in [0.2, 0.25) is 0 Å². The number of rotatable bonds is 6. The quantitative estimate of drug-likeness (QED) is 0.508. The highest BCUT2D eigenvalue weighted by atomic mass is 16.5. The number of furan rings is 1. The molecule has 0 atom stereocenters. The zero-order valence-corrected chi connectivity index (χ0v) is 17.5. The smallest absolute Gasteiger partial charge is 0.223 e. The molecule has 5 rings (SSSR count). The molecule has 2 N–H and O–H groups in total. The van der Waals surface area contributed by atoms with Crippen molar-refractivity contribution < 1.29 is 13.9 Å². The van der Waals surface area contributed by atoms with E-state index in [9.17, 15) is 0 Å². The van der Waals surface area contributed by atoms with Gasteiger partial charge in [0, 0.05) is 31.4 Å². The van der Waals surface area contributed by atoms with E-state index in [1.54, 1.807) is 31.2 Å². The average Bonchev–Trinajstić information content (AvgIpc) is 3.48. The van der Waals surface area contributed by atoms with Gasteiger partial charge in [-0.25, -0.2) is 9.97 Å². The molecule has 0 saturated carbocycles. The molecule has 0 fully saturated rings. The molecule has 0 spiro atoms. The monoisotopic (exact) mass is 420 g/mol. The Balaban J connectivity index is 1.35. The van der Waals surface area contributed by atoms with Crippen LogP contribution < -0.4 is 15.2 Å². The summed E-state index contributed by atoms with van der Waals surface area (Å²) in [5, 5.41) is 4.46. The van der Waals surface area contributed by atoms with Crippen LogP contribution in [0.4, 0.5) is 5.95 Å². The number of benzene rings is 1. The summed E-state index contributed by atoms with van der Waals surface area (Å²) in [6, 6.07) is 7.80. The van der Waals surface area contributed by atoms with Crippen LogP contribution in [-0.4, -0.2) is 51.8 Å². The molecule has 9 heteroatoms. The summed E-state index contributed by atoms with van der Waals surface area (Å²) in [4.78, 5) is 11.4. The van der Waals surface area contributed by atoms with Gasteiger partial charge in [0.1, 0.15) is 0 Å². The summed E-state index contributed by atoms with van der Waals surface area (Å²) >= 11 is 0. The lowest BCUT2D eigenvalue weighted by molar-refractivity contribution is 0.255. The average molecular weight is 420 g/mol. The fourth-order valence-electron chi connectivity index (χ4n) is 4.03. The fraction of sp³-hybridized carbons (Fsp3) is 0.318. The zero-order valence-electron chi connectivity index (χ0n) is 17.5. The molecule has 0 aliphatic carbocycles. The van der Waals surface area contributed by atoms with Gasteiger partial charge < -0.3 is 19.6 Å². The van der Waals surface area contributed by atoms with E-state index in [4.69, 9.17) is 19.6 Å². The van der Waals surface area contributed by atoms with E-state index in [0.29, 0.717) is 23.2 Å². The summed E-state index contributed by atoms with van der Waals surface area (Å²) in [5.74, 6) is 2.95. The van der Waals surface area contributed by atoms with Crippen molar-refractivity contribution in [1.29, 1.82) is 0 Å². The highest BCUT2D eigenvalue weighted by Gasteiger charge is 2.20. The first-order valence-corrected chi connectivity index (χ1v) is 10.2. The van der Waals surface area contributed by atoms with Crippen LogP contribution in [0.15, 0.2) is 41.1 Å². The number of aromatic nitrogens is 4.